The van der Waals surface area contributed by atoms with Crippen LogP contribution < -0.4 is 10.2 Å². The van der Waals surface area contributed by atoms with E-state index < -0.39 is 16.6 Å². The lowest BCUT2D eigenvalue weighted by atomic mass is 9.92. The van der Waals surface area contributed by atoms with Crippen LogP contribution in [0.4, 0.5) is 16.3 Å². The molecule has 1 spiro atoms. The second-order valence-corrected chi connectivity index (χ2v) is 8.72. The minimum Gasteiger partial charge on any atom is -0.444 e. The Morgan fingerprint density at radius 2 is 2.11 bits per heavy atom. The molecule has 2 aliphatic rings. The number of amides is 1. The van der Waals surface area contributed by atoms with Crippen LogP contribution in [0.3, 0.4) is 0 Å². The van der Waals surface area contributed by atoms with E-state index in [1.807, 2.05) is 25.7 Å². The van der Waals surface area contributed by atoms with E-state index in [1.165, 1.54) is 10.9 Å². The number of ether oxygens (including phenoxy) is 2. The maximum absolute atomic E-state index is 12.3. The largest absolute Gasteiger partial charge is 0.444 e. The lowest BCUT2D eigenvalue weighted by molar-refractivity contribution is -0.384. The topological polar surface area (TPSA) is 112 Å². The molecule has 28 heavy (non-hydrogen) atoms. The van der Waals surface area contributed by atoms with Crippen molar-refractivity contribution in [3.63, 3.8) is 0 Å². The zero-order valence-corrected chi connectivity index (χ0v) is 17.1. The number of aryl methyl sites for hydroxylation is 1. The Labute approximate surface area is 164 Å². The molecule has 0 aromatic carbocycles. The number of carbonyl (C=O) groups is 1. The maximum atomic E-state index is 12.3. The van der Waals surface area contributed by atoms with Gasteiger partial charge in [0.05, 0.1) is 17.1 Å². The number of nitrogens with one attached hydrogen (secondary N) is 1. The Morgan fingerprint density at radius 3 is 2.64 bits per heavy atom. The predicted molar refractivity (Wildman–Crippen MR) is 102 cm³/mol. The van der Waals surface area contributed by atoms with Gasteiger partial charge in [-0.3, -0.25) is 10.1 Å². The maximum Gasteiger partial charge on any atom is 0.407 e. The number of hydrogen-bond acceptors (Lipinski definition) is 7. The van der Waals surface area contributed by atoms with Crippen molar-refractivity contribution in [1.82, 2.24) is 15.1 Å². The number of carbonyl (C=O) groups excluding carboxylic acids is 1. The molecular weight excluding hydrogens is 366 g/mol. The summed E-state index contributed by atoms with van der Waals surface area (Å²) in [6.45, 7) is 6.62. The number of nitro groups is 1. The summed E-state index contributed by atoms with van der Waals surface area (Å²) in [5.74, 6) is 0.490. The van der Waals surface area contributed by atoms with E-state index in [0.29, 0.717) is 25.3 Å². The summed E-state index contributed by atoms with van der Waals surface area (Å²) in [7, 11) is 3.35. The molecular formula is C18H29N5O5. The van der Waals surface area contributed by atoms with Crippen LogP contribution in [0.1, 0.15) is 40.0 Å². The van der Waals surface area contributed by atoms with Crippen LogP contribution in [0.5, 0.6) is 0 Å². The lowest BCUT2D eigenvalue weighted by Gasteiger charge is -2.32. The number of methoxy groups -OCH3 is 1. The minimum absolute atomic E-state index is 0.00850. The van der Waals surface area contributed by atoms with E-state index in [4.69, 9.17) is 9.47 Å². The van der Waals surface area contributed by atoms with Gasteiger partial charge in [0.25, 0.3) is 0 Å². The molecule has 1 aliphatic carbocycles. The Balaban J connectivity index is 1.84. The van der Waals surface area contributed by atoms with E-state index in [-0.39, 0.29) is 23.2 Å². The molecule has 10 heteroatoms. The third-order valence-corrected chi connectivity index (χ3v) is 5.42. The molecule has 0 radical (unpaired) electrons. The molecule has 2 heterocycles. The van der Waals surface area contributed by atoms with Crippen LogP contribution in [-0.4, -0.2) is 58.7 Å². The van der Waals surface area contributed by atoms with Crippen molar-refractivity contribution in [3.8, 4) is 0 Å². The highest BCUT2D eigenvalue weighted by Crippen LogP contribution is 2.53. The standard InChI is InChI=1S/C18H29N5O5/c1-17(2,3)28-16(24)20-12-6-9-22(11-18(7-8-18)14(12)27-5)15-13(23(25)26)10-19-21(15)4/h10,12,14H,6-9,11H2,1-5H3,(H,20,24)/t12-,14-/m1/s1. The summed E-state index contributed by atoms with van der Waals surface area (Å²) in [5, 5.41) is 18.5. The number of rotatable bonds is 4. The summed E-state index contributed by atoms with van der Waals surface area (Å²) in [5.41, 5.74) is -0.746. The molecule has 1 aromatic heterocycles. The average molecular weight is 395 g/mol. The van der Waals surface area contributed by atoms with Gasteiger partial charge in [0.1, 0.15) is 11.8 Å². The van der Waals surface area contributed by atoms with Gasteiger partial charge >= 0.3 is 11.8 Å². The predicted octanol–water partition coefficient (Wildman–Crippen LogP) is 2.23. The number of aromatic nitrogens is 2. The van der Waals surface area contributed by atoms with E-state index >= 15 is 0 Å². The van der Waals surface area contributed by atoms with E-state index in [2.05, 4.69) is 10.4 Å². The van der Waals surface area contributed by atoms with Gasteiger partial charge < -0.3 is 19.7 Å². The molecule has 0 bridgehead atoms. The van der Waals surface area contributed by atoms with E-state index in [0.717, 1.165) is 12.8 Å². The van der Waals surface area contributed by atoms with Crippen molar-refractivity contribution in [1.29, 1.82) is 0 Å². The Morgan fingerprint density at radius 1 is 1.43 bits per heavy atom. The smallest absolute Gasteiger partial charge is 0.407 e. The van der Waals surface area contributed by atoms with Crippen LogP contribution in [0.2, 0.25) is 0 Å². The van der Waals surface area contributed by atoms with Crippen LogP contribution in [0.15, 0.2) is 6.20 Å². The SMILES string of the molecule is CO[C@@H]1[C@H](NC(=O)OC(C)(C)C)CCN(c2c([N+](=O)[O-])cnn2C)CC12CC2. The van der Waals surface area contributed by atoms with Crippen molar-refractivity contribution >= 4 is 17.6 Å². The minimum atomic E-state index is -0.587. The molecule has 2 atom stereocenters. The van der Waals surface area contributed by atoms with Crippen molar-refractivity contribution in [2.45, 2.75) is 57.8 Å². The zero-order chi connectivity index (χ0) is 20.7. The first-order valence-corrected chi connectivity index (χ1v) is 9.50. The molecule has 3 rings (SSSR count). The van der Waals surface area contributed by atoms with Crippen LogP contribution in [-0.2, 0) is 16.5 Å². The monoisotopic (exact) mass is 395 g/mol. The van der Waals surface area contributed by atoms with Gasteiger partial charge in [-0.15, -0.1) is 0 Å². The molecule has 1 amide bonds. The average Bonchev–Trinajstić information content (AvgIpc) is 3.26. The first-order chi connectivity index (χ1) is 13.1. The molecule has 1 N–H and O–H groups in total. The highest BCUT2D eigenvalue weighted by molar-refractivity contribution is 5.68. The summed E-state index contributed by atoms with van der Waals surface area (Å²) in [4.78, 5) is 25.4. The quantitative estimate of drug-likeness (QED) is 0.614. The van der Waals surface area contributed by atoms with Gasteiger partial charge in [-0.1, -0.05) is 0 Å². The summed E-state index contributed by atoms with van der Waals surface area (Å²) >= 11 is 0. The number of nitrogens with zero attached hydrogens (tertiary/aromatic N) is 4. The fourth-order valence-corrected chi connectivity index (χ4v) is 4.14. The molecule has 10 nitrogen and oxygen atoms in total. The van der Waals surface area contributed by atoms with Gasteiger partial charge in [0.15, 0.2) is 0 Å². The zero-order valence-electron chi connectivity index (χ0n) is 17.1. The van der Waals surface area contributed by atoms with Gasteiger partial charge in [-0.2, -0.15) is 5.10 Å². The normalized spacial score (nSPS) is 24.0. The van der Waals surface area contributed by atoms with Crippen molar-refractivity contribution < 1.29 is 19.2 Å². The molecule has 0 unspecified atom stereocenters. The first-order valence-electron chi connectivity index (χ1n) is 9.50. The van der Waals surface area contributed by atoms with Crippen LogP contribution in [0, 0.1) is 15.5 Å². The Kier molecular flexibility index (Phi) is 5.26. The molecule has 156 valence electrons. The second kappa shape index (κ2) is 7.23. The Bertz CT molecular complexity index is 752. The first kappa shape index (κ1) is 20.4. The summed E-state index contributed by atoms with van der Waals surface area (Å²) in [6, 6.07) is -0.236. The number of hydrogen-bond donors (Lipinski definition) is 1. The highest BCUT2D eigenvalue weighted by atomic mass is 16.6. The van der Waals surface area contributed by atoms with Crippen molar-refractivity contribution in [3.05, 3.63) is 16.3 Å². The summed E-state index contributed by atoms with van der Waals surface area (Å²) < 4.78 is 12.8. The third-order valence-electron chi connectivity index (χ3n) is 5.42. The Hall–Kier alpha value is -2.36. The van der Waals surface area contributed by atoms with Crippen molar-refractivity contribution in [2.75, 3.05) is 25.1 Å². The fraction of sp³-hybridized carbons (Fsp3) is 0.778. The molecule has 1 aromatic rings. The second-order valence-electron chi connectivity index (χ2n) is 8.72. The molecule has 1 saturated heterocycles. The fourth-order valence-electron chi connectivity index (χ4n) is 4.14. The lowest BCUT2D eigenvalue weighted by Crippen LogP contribution is -2.49. The van der Waals surface area contributed by atoms with Gasteiger partial charge in [-0.25, -0.2) is 9.48 Å². The third kappa shape index (κ3) is 4.06. The van der Waals surface area contributed by atoms with E-state index in [9.17, 15) is 14.9 Å². The highest BCUT2D eigenvalue weighted by Gasteiger charge is 2.56. The van der Waals surface area contributed by atoms with Crippen molar-refractivity contribution in [2.24, 2.45) is 12.5 Å². The van der Waals surface area contributed by atoms with Gasteiger partial charge in [0, 0.05) is 32.7 Å². The van der Waals surface area contributed by atoms with Crippen LogP contribution >= 0.6 is 0 Å². The van der Waals surface area contributed by atoms with Gasteiger partial charge in [0.2, 0.25) is 5.82 Å². The molecule has 2 fully saturated rings. The number of anilines is 1. The number of alkyl carbamates (subject to hydrolysis) is 1. The molecule has 1 saturated carbocycles. The van der Waals surface area contributed by atoms with Crippen LogP contribution in [0.25, 0.3) is 0 Å². The van der Waals surface area contributed by atoms with E-state index in [1.54, 1.807) is 14.2 Å². The molecule has 1 aliphatic heterocycles. The summed E-state index contributed by atoms with van der Waals surface area (Å²) in [6.07, 6.45) is 3.10. The van der Waals surface area contributed by atoms with Gasteiger partial charge in [-0.05, 0) is 40.0 Å².